The third-order valence-corrected chi connectivity index (χ3v) is 2.53. The number of benzene rings is 1. The summed E-state index contributed by atoms with van der Waals surface area (Å²) in [5, 5.41) is 12.6. The van der Waals surface area contributed by atoms with Crippen molar-refractivity contribution in [3.63, 3.8) is 0 Å². The van der Waals surface area contributed by atoms with Crippen LogP contribution in [-0.2, 0) is 4.74 Å². The van der Waals surface area contributed by atoms with Crippen LogP contribution >= 0.6 is 0 Å². The summed E-state index contributed by atoms with van der Waals surface area (Å²) in [7, 11) is 1.66. The second-order valence-corrected chi connectivity index (χ2v) is 4.42. The summed E-state index contributed by atoms with van der Waals surface area (Å²) in [6, 6.07) is 7.73. The second-order valence-electron chi connectivity index (χ2n) is 4.42. The van der Waals surface area contributed by atoms with E-state index < -0.39 is 0 Å². The minimum Gasteiger partial charge on any atom is -0.491 e. The van der Waals surface area contributed by atoms with Gasteiger partial charge in [0, 0.05) is 13.7 Å². The Hall–Kier alpha value is -1.10. The van der Waals surface area contributed by atoms with Crippen molar-refractivity contribution in [2.24, 2.45) is 0 Å². The molecule has 4 heteroatoms. The molecule has 1 rings (SSSR count). The fraction of sp³-hybridized carbons (Fsp3) is 0.571. The maximum atomic E-state index is 9.36. The maximum Gasteiger partial charge on any atom is 0.119 e. The van der Waals surface area contributed by atoms with E-state index in [-0.39, 0.29) is 18.8 Å². The molecular formula is C14H23NO3. The monoisotopic (exact) mass is 253 g/mol. The standard InChI is InChI=1S/C14H23NO3/c1-11(2)18-13-6-4-12(5-7-13)14(10-16)15-8-9-17-3/h4-7,11,14-16H,8-10H2,1-3H3. The number of aliphatic hydroxyl groups excluding tert-OH is 1. The lowest BCUT2D eigenvalue weighted by Crippen LogP contribution is -2.27. The smallest absolute Gasteiger partial charge is 0.119 e. The zero-order chi connectivity index (χ0) is 13.4. The first-order valence-corrected chi connectivity index (χ1v) is 6.27. The normalized spacial score (nSPS) is 12.7. The van der Waals surface area contributed by atoms with Crippen LogP contribution in [0.4, 0.5) is 0 Å². The van der Waals surface area contributed by atoms with Crippen LogP contribution in [0.2, 0.25) is 0 Å². The third-order valence-electron chi connectivity index (χ3n) is 2.53. The van der Waals surface area contributed by atoms with Gasteiger partial charge in [-0.2, -0.15) is 0 Å². The molecule has 0 saturated carbocycles. The van der Waals surface area contributed by atoms with Gasteiger partial charge < -0.3 is 19.9 Å². The fourth-order valence-corrected chi connectivity index (χ4v) is 1.67. The van der Waals surface area contributed by atoms with Gasteiger partial charge in [0.15, 0.2) is 0 Å². The average molecular weight is 253 g/mol. The van der Waals surface area contributed by atoms with Gasteiger partial charge in [-0.3, -0.25) is 0 Å². The molecule has 1 aromatic carbocycles. The van der Waals surface area contributed by atoms with Crippen molar-refractivity contribution in [1.29, 1.82) is 0 Å². The van der Waals surface area contributed by atoms with Gasteiger partial charge >= 0.3 is 0 Å². The number of hydrogen-bond donors (Lipinski definition) is 2. The van der Waals surface area contributed by atoms with Gasteiger partial charge in [-0.1, -0.05) is 12.1 Å². The lowest BCUT2D eigenvalue weighted by Gasteiger charge is -2.17. The van der Waals surface area contributed by atoms with E-state index in [1.165, 1.54) is 0 Å². The van der Waals surface area contributed by atoms with E-state index in [9.17, 15) is 5.11 Å². The van der Waals surface area contributed by atoms with Crippen LogP contribution < -0.4 is 10.1 Å². The van der Waals surface area contributed by atoms with E-state index in [0.29, 0.717) is 13.2 Å². The molecule has 1 atom stereocenters. The highest BCUT2D eigenvalue weighted by Gasteiger charge is 2.09. The minimum atomic E-state index is -0.0618. The van der Waals surface area contributed by atoms with Crippen molar-refractivity contribution in [1.82, 2.24) is 5.32 Å². The number of nitrogens with one attached hydrogen (secondary N) is 1. The molecule has 1 aromatic rings. The first kappa shape index (κ1) is 15.0. The van der Waals surface area contributed by atoms with Gasteiger partial charge in [-0.05, 0) is 31.5 Å². The lowest BCUT2D eigenvalue weighted by molar-refractivity contribution is 0.184. The Morgan fingerprint density at radius 3 is 2.39 bits per heavy atom. The van der Waals surface area contributed by atoms with Crippen LogP contribution in [0.3, 0.4) is 0 Å². The van der Waals surface area contributed by atoms with E-state index in [2.05, 4.69) is 5.32 Å². The van der Waals surface area contributed by atoms with Crippen LogP contribution in [-0.4, -0.2) is 38.1 Å². The molecule has 102 valence electrons. The Bertz CT molecular complexity index is 324. The Labute approximate surface area is 109 Å². The van der Waals surface area contributed by atoms with E-state index in [1.54, 1.807) is 7.11 Å². The molecule has 0 aliphatic heterocycles. The highest BCUT2D eigenvalue weighted by Crippen LogP contribution is 2.18. The summed E-state index contributed by atoms with van der Waals surface area (Å²) in [6.07, 6.45) is 0.171. The van der Waals surface area contributed by atoms with Gasteiger partial charge in [0.2, 0.25) is 0 Å². The topological polar surface area (TPSA) is 50.7 Å². The summed E-state index contributed by atoms with van der Waals surface area (Å²) >= 11 is 0. The summed E-state index contributed by atoms with van der Waals surface area (Å²) in [4.78, 5) is 0. The van der Waals surface area contributed by atoms with E-state index in [1.807, 2.05) is 38.1 Å². The Morgan fingerprint density at radius 2 is 1.89 bits per heavy atom. The Balaban J connectivity index is 2.57. The van der Waals surface area contributed by atoms with Crippen LogP contribution in [0.5, 0.6) is 5.75 Å². The highest BCUT2D eigenvalue weighted by molar-refractivity contribution is 5.29. The molecule has 0 heterocycles. The number of rotatable bonds is 8. The van der Waals surface area contributed by atoms with E-state index in [0.717, 1.165) is 11.3 Å². The predicted molar refractivity (Wildman–Crippen MR) is 71.9 cm³/mol. The van der Waals surface area contributed by atoms with Gasteiger partial charge in [0.25, 0.3) is 0 Å². The number of hydrogen-bond acceptors (Lipinski definition) is 4. The molecule has 0 spiro atoms. The van der Waals surface area contributed by atoms with E-state index in [4.69, 9.17) is 9.47 Å². The van der Waals surface area contributed by atoms with Gasteiger partial charge in [-0.25, -0.2) is 0 Å². The molecule has 18 heavy (non-hydrogen) atoms. The van der Waals surface area contributed by atoms with Crippen LogP contribution in [0.25, 0.3) is 0 Å². The molecule has 0 bridgehead atoms. The molecule has 0 fully saturated rings. The average Bonchev–Trinajstić information content (AvgIpc) is 2.35. The minimum absolute atomic E-state index is 0.0618. The van der Waals surface area contributed by atoms with Gasteiger partial charge in [0.05, 0.1) is 25.4 Å². The molecule has 1 unspecified atom stereocenters. The summed E-state index contributed by atoms with van der Waals surface area (Å²) in [6.45, 7) is 5.40. The maximum absolute atomic E-state index is 9.36. The number of methoxy groups -OCH3 is 1. The van der Waals surface area contributed by atoms with Crippen molar-refractivity contribution in [3.8, 4) is 5.75 Å². The van der Waals surface area contributed by atoms with E-state index >= 15 is 0 Å². The molecule has 0 aliphatic rings. The van der Waals surface area contributed by atoms with Crippen LogP contribution in [0, 0.1) is 0 Å². The predicted octanol–water partition coefficient (Wildman–Crippen LogP) is 1.74. The summed E-state index contributed by atoms with van der Waals surface area (Å²) in [5.41, 5.74) is 1.05. The van der Waals surface area contributed by atoms with Gasteiger partial charge in [0.1, 0.15) is 5.75 Å². The first-order valence-electron chi connectivity index (χ1n) is 6.27. The zero-order valence-corrected chi connectivity index (χ0v) is 11.3. The van der Waals surface area contributed by atoms with Crippen LogP contribution in [0.15, 0.2) is 24.3 Å². The van der Waals surface area contributed by atoms with Gasteiger partial charge in [-0.15, -0.1) is 0 Å². The molecule has 2 N–H and O–H groups in total. The molecule has 0 radical (unpaired) electrons. The van der Waals surface area contributed by atoms with Crippen molar-refractivity contribution < 1.29 is 14.6 Å². The van der Waals surface area contributed by atoms with Crippen molar-refractivity contribution in [2.45, 2.75) is 26.0 Å². The second kappa shape index (κ2) is 8.08. The number of ether oxygens (including phenoxy) is 2. The number of aliphatic hydroxyl groups is 1. The zero-order valence-electron chi connectivity index (χ0n) is 11.3. The molecule has 0 aromatic heterocycles. The molecule has 0 saturated heterocycles. The molecular weight excluding hydrogens is 230 g/mol. The quantitative estimate of drug-likeness (QED) is 0.693. The summed E-state index contributed by atoms with van der Waals surface area (Å²) in [5.74, 6) is 0.849. The van der Waals surface area contributed by atoms with Crippen LogP contribution in [0.1, 0.15) is 25.5 Å². The lowest BCUT2D eigenvalue weighted by atomic mass is 10.1. The van der Waals surface area contributed by atoms with Crippen molar-refractivity contribution in [3.05, 3.63) is 29.8 Å². The Kier molecular flexibility index (Phi) is 6.72. The fourth-order valence-electron chi connectivity index (χ4n) is 1.67. The summed E-state index contributed by atoms with van der Waals surface area (Å²) < 4.78 is 10.5. The SMILES string of the molecule is COCCNC(CO)c1ccc(OC(C)C)cc1. The van der Waals surface area contributed by atoms with Crippen molar-refractivity contribution >= 4 is 0 Å². The molecule has 4 nitrogen and oxygen atoms in total. The molecule has 0 amide bonds. The largest absolute Gasteiger partial charge is 0.491 e. The Morgan fingerprint density at radius 1 is 1.22 bits per heavy atom. The third kappa shape index (κ3) is 5.04. The molecule has 0 aliphatic carbocycles. The highest BCUT2D eigenvalue weighted by atomic mass is 16.5. The van der Waals surface area contributed by atoms with Crippen molar-refractivity contribution in [2.75, 3.05) is 26.9 Å². The first-order chi connectivity index (χ1) is 8.67.